The number of esters is 1. The maximum Gasteiger partial charge on any atom is 0.334 e. The minimum absolute atomic E-state index is 0.0340. The third-order valence-corrected chi connectivity index (χ3v) is 8.98. The van der Waals surface area contributed by atoms with Gasteiger partial charge in [0.05, 0.1) is 24.4 Å². The Balaban J connectivity index is 1.31. The van der Waals surface area contributed by atoms with Crippen LogP contribution in [0.1, 0.15) is 174 Å². The van der Waals surface area contributed by atoms with Crippen LogP contribution in [-0.4, -0.2) is 46.7 Å². The molecule has 0 amide bonds. The molecule has 0 aromatic carbocycles. The molecule has 0 aromatic heterocycles. The Kier molecular flexibility index (Phi) is 20.0. The van der Waals surface area contributed by atoms with Crippen molar-refractivity contribution in [1.29, 1.82) is 0 Å². The molecule has 2 N–H and O–H groups in total. The van der Waals surface area contributed by atoms with E-state index in [0.717, 1.165) is 56.9 Å². The number of unbranched alkanes of at least 4 members (excludes halogenated alkanes) is 18. The largest absolute Gasteiger partial charge is 0.455 e. The first-order chi connectivity index (χ1) is 19.5. The second-order valence-electron chi connectivity index (χ2n) is 12.8. The van der Waals surface area contributed by atoms with E-state index < -0.39 is 0 Å². The van der Waals surface area contributed by atoms with Crippen LogP contribution in [-0.2, 0) is 14.3 Å². The second-order valence-corrected chi connectivity index (χ2v) is 12.8. The van der Waals surface area contributed by atoms with E-state index in [9.17, 15) is 15.0 Å². The van der Waals surface area contributed by atoms with Crippen LogP contribution >= 0.6 is 0 Å². The summed E-state index contributed by atoms with van der Waals surface area (Å²) in [6.07, 6.45) is 30.7. The number of carbonyl (C=O) groups is 1. The number of cyclic esters (lactones) is 1. The van der Waals surface area contributed by atoms with Crippen molar-refractivity contribution in [2.75, 3.05) is 0 Å². The monoisotopic (exact) mass is 564 g/mol. The van der Waals surface area contributed by atoms with Gasteiger partial charge in [-0.3, -0.25) is 0 Å². The van der Waals surface area contributed by atoms with Crippen LogP contribution in [0.5, 0.6) is 0 Å². The third kappa shape index (κ3) is 15.9. The number of aliphatic hydroxyl groups excluding tert-OH is 2. The maximum absolute atomic E-state index is 11.6. The Labute approximate surface area is 246 Å². The van der Waals surface area contributed by atoms with Crippen molar-refractivity contribution in [3.05, 3.63) is 11.6 Å². The number of ether oxygens (including phenoxy) is 2. The van der Waals surface area contributed by atoms with Crippen LogP contribution in [0.15, 0.2) is 11.6 Å². The summed E-state index contributed by atoms with van der Waals surface area (Å²) in [4.78, 5) is 11.6. The quantitative estimate of drug-likeness (QED) is 0.0809. The van der Waals surface area contributed by atoms with E-state index in [0.29, 0.717) is 0 Å². The van der Waals surface area contributed by atoms with Crippen molar-refractivity contribution in [3.63, 3.8) is 0 Å². The van der Waals surface area contributed by atoms with Crippen LogP contribution in [0, 0.1) is 0 Å². The van der Waals surface area contributed by atoms with Gasteiger partial charge in [-0.15, -0.1) is 0 Å². The van der Waals surface area contributed by atoms with Gasteiger partial charge in [-0.05, 0) is 51.5 Å². The first-order valence-electron chi connectivity index (χ1n) is 17.4. The minimum atomic E-state index is -0.376. The molecule has 0 aliphatic carbocycles. The second kappa shape index (κ2) is 22.7. The van der Waals surface area contributed by atoms with Crippen molar-refractivity contribution in [2.45, 2.75) is 205 Å². The highest BCUT2D eigenvalue weighted by molar-refractivity contribution is 5.90. The van der Waals surface area contributed by atoms with Gasteiger partial charge in [0.15, 0.2) is 0 Å². The first kappa shape index (κ1) is 35.3. The lowest BCUT2D eigenvalue weighted by atomic mass is 10.00. The van der Waals surface area contributed by atoms with Crippen LogP contribution in [0.3, 0.4) is 0 Å². The molecule has 2 rings (SSSR count). The van der Waals surface area contributed by atoms with Crippen molar-refractivity contribution < 1.29 is 24.5 Å². The van der Waals surface area contributed by atoms with E-state index in [1.807, 2.05) is 13.0 Å². The SMILES string of the molecule is CCCCCCCC[C@@H](O)[C@H]1CC[C@H]([C@H](O)CCCCCCCCCCCCCCCCC2=CC(C)OC2=O)O1. The van der Waals surface area contributed by atoms with Crippen molar-refractivity contribution >= 4 is 5.97 Å². The van der Waals surface area contributed by atoms with Gasteiger partial charge in [0.25, 0.3) is 0 Å². The fourth-order valence-corrected chi connectivity index (χ4v) is 6.37. The number of hydrogen-bond acceptors (Lipinski definition) is 5. The fourth-order valence-electron chi connectivity index (χ4n) is 6.37. The lowest BCUT2D eigenvalue weighted by Crippen LogP contribution is -2.31. The van der Waals surface area contributed by atoms with Crippen LogP contribution in [0.25, 0.3) is 0 Å². The molecular formula is C35H64O5. The van der Waals surface area contributed by atoms with Gasteiger partial charge in [-0.1, -0.05) is 129 Å². The highest BCUT2D eigenvalue weighted by Crippen LogP contribution is 2.28. The van der Waals surface area contributed by atoms with E-state index >= 15 is 0 Å². The highest BCUT2D eigenvalue weighted by Gasteiger charge is 2.34. The summed E-state index contributed by atoms with van der Waals surface area (Å²) in [7, 11) is 0. The maximum atomic E-state index is 11.6. The van der Waals surface area contributed by atoms with Gasteiger partial charge < -0.3 is 19.7 Å². The first-order valence-corrected chi connectivity index (χ1v) is 17.4. The van der Waals surface area contributed by atoms with Crippen LogP contribution in [0.2, 0.25) is 0 Å². The molecule has 2 aliphatic heterocycles. The van der Waals surface area contributed by atoms with Crippen molar-refractivity contribution in [3.8, 4) is 0 Å². The smallest absolute Gasteiger partial charge is 0.334 e. The number of hydrogen-bond donors (Lipinski definition) is 2. The summed E-state index contributed by atoms with van der Waals surface area (Å²) in [5.74, 6) is -0.106. The molecule has 5 atom stereocenters. The van der Waals surface area contributed by atoms with Crippen LogP contribution < -0.4 is 0 Å². The van der Waals surface area contributed by atoms with Gasteiger partial charge in [0.1, 0.15) is 6.10 Å². The number of carbonyl (C=O) groups excluding carboxylic acids is 1. The van der Waals surface area contributed by atoms with Gasteiger partial charge in [-0.2, -0.15) is 0 Å². The predicted molar refractivity (Wildman–Crippen MR) is 165 cm³/mol. The zero-order valence-electron chi connectivity index (χ0n) is 26.3. The van der Waals surface area contributed by atoms with E-state index in [-0.39, 0.29) is 36.5 Å². The van der Waals surface area contributed by atoms with Crippen LogP contribution in [0.4, 0.5) is 0 Å². The number of rotatable bonds is 26. The molecule has 5 heteroatoms. The molecule has 1 unspecified atom stereocenters. The molecule has 5 nitrogen and oxygen atoms in total. The average Bonchev–Trinajstić information content (AvgIpc) is 3.56. The van der Waals surface area contributed by atoms with Gasteiger partial charge in [0.2, 0.25) is 0 Å². The Morgan fingerprint density at radius 2 is 1.07 bits per heavy atom. The zero-order chi connectivity index (χ0) is 28.8. The van der Waals surface area contributed by atoms with E-state index in [1.165, 1.54) is 109 Å². The standard InChI is InChI=1S/C35H64O5/c1-3-4-5-6-18-21-24-31(36)33-26-27-34(40-33)32(37)25-22-19-16-14-12-10-8-7-9-11-13-15-17-20-23-30-28-29(2)39-35(30)38/h28-29,31-34,36-37H,3-27H2,1-2H3/t29?,31-,32-,33-,34-/m1/s1. The average molecular weight is 565 g/mol. The lowest BCUT2D eigenvalue weighted by molar-refractivity contribution is -0.139. The molecule has 0 radical (unpaired) electrons. The number of aliphatic hydroxyl groups is 2. The molecule has 234 valence electrons. The molecule has 0 saturated carbocycles. The summed E-state index contributed by atoms with van der Waals surface area (Å²) in [6.45, 7) is 4.16. The fraction of sp³-hybridized carbons (Fsp3) is 0.914. The van der Waals surface area contributed by atoms with E-state index in [1.54, 1.807) is 0 Å². The third-order valence-electron chi connectivity index (χ3n) is 8.98. The van der Waals surface area contributed by atoms with Gasteiger partial charge in [-0.25, -0.2) is 4.79 Å². The summed E-state index contributed by atoms with van der Waals surface area (Å²) in [5.41, 5.74) is 0.882. The molecule has 1 saturated heterocycles. The van der Waals surface area contributed by atoms with Crippen molar-refractivity contribution in [1.82, 2.24) is 0 Å². The predicted octanol–water partition coefficient (Wildman–Crippen LogP) is 9.12. The highest BCUT2D eigenvalue weighted by atomic mass is 16.5. The van der Waals surface area contributed by atoms with Gasteiger partial charge >= 0.3 is 5.97 Å². The summed E-state index contributed by atoms with van der Waals surface area (Å²) < 4.78 is 11.2. The summed E-state index contributed by atoms with van der Waals surface area (Å²) in [5, 5.41) is 21.1. The molecule has 1 fully saturated rings. The Bertz CT molecular complexity index is 662. The van der Waals surface area contributed by atoms with Gasteiger partial charge in [0, 0.05) is 5.57 Å². The molecule has 2 aliphatic rings. The Hall–Kier alpha value is -0.910. The summed E-state index contributed by atoms with van der Waals surface area (Å²) >= 11 is 0. The Morgan fingerprint density at radius 1 is 0.675 bits per heavy atom. The molecule has 0 bridgehead atoms. The molecule has 40 heavy (non-hydrogen) atoms. The van der Waals surface area contributed by atoms with E-state index in [4.69, 9.17) is 9.47 Å². The molecule has 0 spiro atoms. The molecule has 0 aromatic rings. The summed E-state index contributed by atoms with van der Waals surface area (Å²) in [6, 6.07) is 0. The van der Waals surface area contributed by atoms with E-state index in [2.05, 4.69) is 6.92 Å². The van der Waals surface area contributed by atoms with Crippen molar-refractivity contribution in [2.24, 2.45) is 0 Å². The lowest BCUT2D eigenvalue weighted by Gasteiger charge is -2.22. The topological polar surface area (TPSA) is 76.0 Å². The Morgan fingerprint density at radius 3 is 1.48 bits per heavy atom. The molecule has 2 heterocycles. The minimum Gasteiger partial charge on any atom is -0.455 e. The molecular weight excluding hydrogens is 500 g/mol. The zero-order valence-corrected chi connectivity index (χ0v) is 26.3. The normalized spacial score (nSPS) is 22.4.